The lowest BCUT2D eigenvalue weighted by Crippen LogP contribution is -2.24. The average Bonchev–Trinajstić information content (AvgIpc) is 2.20. The van der Waals surface area contributed by atoms with E-state index in [0.717, 1.165) is 11.3 Å². The van der Waals surface area contributed by atoms with E-state index in [-0.39, 0.29) is 0 Å². The summed E-state index contributed by atoms with van der Waals surface area (Å²) in [5, 5.41) is 12.5. The second kappa shape index (κ2) is 5.58. The molecule has 0 heterocycles. The van der Waals surface area contributed by atoms with Gasteiger partial charge in [-0.05, 0) is 24.6 Å². The molecule has 1 rings (SSSR count). The van der Waals surface area contributed by atoms with E-state index in [1.54, 1.807) is 7.11 Å². The van der Waals surface area contributed by atoms with E-state index in [9.17, 15) is 5.11 Å². The molecule has 0 radical (unpaired) electrons. The van der Waals surface area contributed by atoms with E-state index in [0.29, 0.717) is 18.8 Å². The first-order chi connectivity index (χ1) is 7.13. The molecule has 1 aromatic rings. The maximum atomic E-state index is 9.44. The van der Waals surface area contributed by atoms with Gasteiger partial charge in [0.25, 0.3) is 0 Å². The Bertz CT molecular complexity index is 315. The Morgan fingerprint density at radius 2 is 2.27 bits per heavy atom. The van der Waals surface area contributed by atoms with Crippen LogP contribution < -0.4 is 11.1 Å². The van der Waals surface area contributed by atoms with Crippen LogP contribution >= 0.6 is 0 Å². The summed E-state index contributed by atoms with van der Waals surface area (Å²) < 4.78 is 4.82. The van der Waals surface area contributed by atoms with Crippen molar-refractivity contribution in [2.75, 3.05) is 31.3 Å². The van der Waals surface area contributed by atoms with Gasteiger partial charge in [0.15, 0.2) is 0 Å². The largest absolute Gasteiger partial charge is 0.397 e. The van der Waals surface area contributed by atoms with E-state index >= 15 is 0 Å². The van der Waals surface area contributed by atoms with Gasteiger partial charge >= 0.3 is 0 Å². The number of hydrogen-bond donors (Lipinski definition) is 3. The van der Waals surface area contributed by atoms with Crippen molar-refractivity contribution >= 4 is 11.4 Å². The van der Waals surface area contributed by atoms with Gasteiger partial charge in [-0.15, -0.1) is 0 Å². The first-order valence-corrected chi connectivity index (χ1v) is 4.90. The fourth-order valence-electron chi connectivity index (χ4n) is 1.30. The quantitative estimate of drug-likeness (QED) is 0.634. The molecule has 0 fully saturated rings. The van der Waals surface area contributed by atoms with Crippen LogP contribution in [0, 0.1) is 6.92 Å². The second-order valence-electron chi connectivity index (χ2n) is 3.58. The van der Waals surface area contributed by atoms with Crippen molar-refractivity contribution in [3.05, 3.63) is 23.8 Å². The Morgan fingerprint density at radius 1 is 1.53 bits per heavy atom. The van der Waals surface area contributed by atoms with E-state index < -0.39 is 6.10 Å². The minimum atomic E-state index is -0.519. The number of nitrogen functional groups attached to an aromatic ring is 1. The predicted octanol–water partition coefficient (Wildman–Crippen LogP) is 0.996. The molecule has 0 aliphatic carbocycles. The number of rotatable bonds is 5. The molecular formula is C11H18N2O2. The summed E-state index contributed by atoms with van der Waals surface area (Å²) in [4.78, 5) is 0. The number of benzene rings is 1. The lowest BCUT2D eigenvalue weighted by molar-refractivity contribution is 0.0728. The third-order valence-corrected chi connectivity index (χ3v) is 2.10. The molecule has 84 valence electrons. The summed E-state index contributed by atoms with van der Waals surface area (Å²) in [6.07, 6.45) is -0.519. The number of hydrogen-bond acceptors (Lipinski definition) is 4. The Morgan fingerprint density at radius 3 is 2.93 bits per heavy atom. The van der Waals surface area contributed by atoms with Crippen LogP contribution in [0.1, 0.15) is 5.56 Å². The fourth-order valence-corrected chi connectivity index (χ4v) is 1.30. The van der Waals surface area contributed by atoms with Gasteiger partial charge in [-0.1, -0.05) is 6.07 Å². The molecular weight excluding hydrogens is 192 g/mol. The van der Waals surface area contributed by atoms with E-state index in [1.165, 1.54) is 0 Å². The summed E-state index contributed by atoms with van der Waals surface area (Å²) in [5.41, 5.74) is 8.44. The maximum absolute atomic E-state index is 9.44. The molecule has 0 aliphatic rings. The average molecular weight is 210 g/mol. The maximum Gasteiger partial charge on any atom is 0.0945 e. The summed E-state index contributed by atoms with van der Waals surface area (Å²) in [7, 11) is 1.56. The normalized spacial score (nSPS) is 12.5. The molecule has 0 amide bonds. The van der Waals surface area contributed by atoms with Crippen LogP contribution in [0.25, 0.3) is 0 Å². The van der Waals surface area contributed by atoms with Crippen LogP contribution in [0.15, 0.2) is 18.2 Å². The zero-order chi connectivity index (χ0) is 11.3. The number of aliphatic hydroxyl groups is 1. The van der Waals surface area contributed by atoms with Crippen molar-refractivity contribution in [3.8, 4) is 0 Å². The Kier molecular flexibility index (Phi) is 4.39. The first kappa shape index (κ1) is 11.8. The van der Waals surface area contributed by atoms with Gasteiger partial charge in [-0.2, -0.15) is 0 Å². The van der Waals surface area contributed by atoms with Gasteiger partial charge < -0.3 is 20.9 Å². The van der Waals surface area contributed by atoms with Gasteiger partial charge in [0.2, 0.25) is 0 Å². The standard InChI is InChI=1S/C11H18N2O2/c1-8-3-4-10(12)11(5-8)13-6-9(14)7-15-2/h3-5,9,13-14H,6-7,12H2,1-2H3. The topological polar surface area (TPSA) is 67.5 Å². The van der Waals surface area contributed by atoms with Crippen LogP contribution in [0.5, 0.6) is 0 Å². The molecule has 4 nitrogen and oxygen atoms in total. The molecule has 0 spiro atoms. The third kappa shape index (κ3) is 3.77. The molecule has 0 saturated carbocycles. The molecule has 1 unspecified atom stereocenters. The zero-order valence-corrected chi connectivity index (χ0v) is 9.16. The summed E-state index contributed by atoms with van der Waals surface area (Å²) in [6, 6.07) is 5.75. The lowest BCUT2D eigenvalue weighted by atomic mass is 10.2. The molecule has 1 aromatic carbocycles. The van der Waals surface area contributed by atoms with Crippen LogP contribution in [-0.4, -0.2) is 31.5 Å². The molecule has 0 aliphatic heterocycles. The first-order valence-electron chi connectivity index (χ1n) is 4.90. The number of nitrogens with two attached hydrogens (primary N) is 1. The molecule has 0 aromatic heterocycles. The zero-order valence-electron chi connectivity index (χ0n) is 9.16. The highest BCUT2D eigenvalue weighted by Gasteiger charge is 2.04. The number of nitrogens with one attached hydrogen (secondary N) is 1. The van der Waals surface area contributed by atoms with Crippen molar-refractivity contribution in [2.45, 2.75) is 13.0 Å². The highest BCUT2D eigenvalue weighted by atomic mass is 16.5. The molecule has 0 saturated heterocycles. The van der Waals surface area contributed by atoms with Gasteiger partial charge in [-0.3, -0.25) is 0 Å². The van der Waals surface area contributed by atoms with Gasteiger partial charge in [0.05, 0.1) is 24.1 Å². The van der Waals surface area contributed by atoms with Crippen LogP contribution in [0.4, 0.5) is 11.4 Å². The van der Waals surface area contributed by atoms with Gasteiger partial charge in [0.1, 0.15) is 0 Å². The highest BCUT2D eigenvalue weighted by Crippen LogP contribution is 2.19. The van der Waals surface area contributed by atoms with Crippen molar-refractivity contribution in [1.29, 1.82) is 0 Å². The Labute approximate surface area is 90.1 Å². The summed E-state index contributed by atoms with van der Waals surface area (Å²) in [6.45, 7) is 2.75. The van der Waals surface area contributed by atoms with Crippen LogP contribution in [0.3, 0.4) is 0 Å². The summed E-state index contributed by atoms with van der Waals surface area (Å²) >= 11 is 0. The molecule has 0 bridgehead atoms. The number of aliphatic hydroxyl groups excluding tert-OH is 1. The number of methoxy groups -OCH3 is 1. The van der Waals surface area contributed by atoms with Crippen LogP contribution in [0.2, 0.25) is 0 Å². The number of ether oxygens (including phenoxy) is 1. The predicted molar refractivity (Wildman–Crippen MR) is 62.0 cm³/mol. The fraction of sp³-hybridized carbons (Fsp3) is 0.455. The van der Waals surface area contributed by atoms with E-state index in [1.807, 2.05) is 25.1 Å². The third-order valence-electron chi connectivity index (χ3n) is 2.10. The number of anilines is 2. The van der Waals surface area contributed by atoms with Crippen LogP contribution in [-0.2, 0) is 4.74 Å². The Hall–Kier alpha value is -1.26. The van der Waals surface area contributed by atoms with E-state index in [4.69, 9.17) is 10.5 Å². The molecule has 4 N–H and O–H groups in total. The van der Waals surface area contributed by atoms with Crippen molar-refractivity contribution in [1.82, 2.24) is 0 Å². The second-order valence-corrected chi connectivity index (χ2v) is 3.58. The lowest BCUT2D eigenvalue weighted by Gasteiger charge is -2.13. The summed E-state index contributed by atoms with van der Waals surface area (Å²) in [5.74, 6) is 0. The highest BCUT2D eigenvalue weighted by molar-refractivity contribution is 5.66. The minimum absolute atomic E-state index is 0.318. The van der Waals surface area contributed by atoms with Crippen molar-refractivity contribution < 1.29 is 9.84 Å². The smallest absolute Gasteiger partial charge is 0.0945 e. The van der Waals surface area contributed by atoms with Gasteiger partial charge in [-0.25, -0.2) is 0 Å². The van der Waals surface area contributed by atoms with Crippen molar-refractivity contribution in [2.24, 2.45) is 0 Å². The molecule has 15 heavy (non-hydrogen) atoms. The Balaban J connectivity index is 2.53. The molecule has 4 heteroatoms. The minimum Gasteiger partial charge on any atom is -0.397 e. The monoisotopic (exact) mass is 210 g/mol. The molecule has 1 atom stereocenters. The SMILES string of the molecule is COCC(O)CNc1cc(C)ccc1N. The number of aryl methyl sites for hydroxylation is 1. The van der Waals surface area contributed by atoms with Crippen molar-refractivity contribution in [3.63, 3.8) is 0 Å². The van der Waals surface area contributed by atoms with Gasteiger partial charge in [0, 0.05) is 13.7 Å². The van der Waals surface area contributed by atoms with E-state index in [2.05, 4.69) is 5.32 Å².